The zero-order chi connectivity index (χ0) is 49.9. The number of aryl methyl sites for hydroxylation is 1. The fourth-order valence-electron chi connectivity index (χ4n) is 8.60. The normalized spacial score (nSPS) is 13.3. The molecule has 0 bridgehead atoms. The second-order valence-electron chi connectivity index (χ2n) is 17.6. The molecule has 4 N–H and O–H groups in total. The van der Waals surface area contributed by atoms with Crippen molar-refractivity contribution in [1.82, 2.24) is 30.1 Å². The van der Waals surface area contributed by atoms with Crippen molar-refractivity contribution < 1.29 is 19.2 Å². The van der Waals surface area contributed by atoms with Crippen LogP contribution in [0.25, 0.3) is 49.2 Å². The Balaban J connectivity index is 1.06. The summed E-state index contributed by atoms with van der Waals surface area (Å²) in [6.07, 6.45) is 14.6. The summed E-state index contributed by atoms with van der Waals surface area (Å²) in [5.41, 5.74) is 18.4. The van der Waals surface area contributed by atoms with Crippen molar-refractivity contribution in [3.63, 3.8) is 0 Å². The highest BCUT2D eigenvalue weighted by Crippen LogP contribution is 2.38. The van der Waals surface area contributed by atoms with Crippen LogP contribution in [0.5, 0.6) is 0 Å². The molecule has 5 aromatic rings. The highest BCUT2D eigenvalue weighted by atomic mass is 32.1. The zero-order valence-electron chi connectivity index (χ0n) is 41.0. The maximum absolute atomic E-state index is 14.0. The number of rotatable bonds is 19. The fraction of sp³-hybridized carbons (Fsp3) is 0.352. The van der Waals surface area contributed by atoms with E-state index in [0.717, 1.165) is 75.1 Å². The number of aldehydes is 1. The Morgan fingerprint density at radius 3 is 1.93 bits per heavy atom. The Hall–Kier alpha value is -6.91. The van der Waals surface area contributed by atoms with E-state index in [1.807, 2.05) is 89.7 Å². The quantitative estimate of drug-likeness (QED) is 0.0542. The summed E-state index contributed by atoms with van der Waals surface area (Å²) in [5.74, 6) is 0.309. The number of benzene rings is 2. The number of amidine groups is 2. The van der Waals surface area contributed by atoms with E-state index in [4.69, 9.17) is 10.7 Å². The molecule has 3 amide bonds. The minimum atomic E-state index is -0.350. The summed E-state index contributed by atoms with van der Waals surface area (Å²) < 4.78 is 2.65. The number of thiophene rings is 2. The van der Waals surface area contributed by atoms with Crippen molar-refractivity contribution in [1.29, 1.82) is 0 Å². The number of nitrogens with two attached hydrogens (primary N) is 1. The number of amides is 3. The Bertz CT molecular complexity index is 2980. The average Bonchev–Trinajstić information content (AvgIpc) is 3.88. The average molecular weight is 982 g/mol. The van der Waals surface area contributed by atoms with Crippen molar-refractivity contribution >= 4 is 98.0 Å². The number of likely N-dealkylation sites (N-methyl/N-ethyl adjacent to an activating group) is 1. The van der Waals surface area contributed by atoms with Gasteiger partial charge in [-0.25, -0.2) is 9.98 Å². The summed E-state index contributed by atoms with van der Waals surface area (Å²) in [6.45, 7) is 13.5. The molecule has 0 aliphatic carbocycles. The minimum absolute atomic E-state index is 0.0109. The standard InChI is InChI=1S/C54H63N9O5S2/c1-7-18-61(19-8-2)52(66)39-25-35-12-14-37(27-43(35)56-49(55)30-39)47-29-41(34-64)45(69-47)16-23-60(6)33-51(65)59-58-50-31-40(53(67)62(20-9-3)21-10-4)26-36-13-15-38(28-44(36)57-50)48-32-42-46(70-48)17-24-63(22-11-5)54(42)68/h12-17,23-29,32,34H,7-11,18-22,30-31,33H2,1-6H3,(H2,55,56)(H,57,58)(H,59,65)/b23-16-. The summed E-state index contributed by atoms with van der Waals surface area (Å²) >= 11 is 2.98. The molecule has 0 saturated carbocycles. The number of hydrazine groups is 1. The highest BCUT2D eigenvalue weighted by molar-refractivity contribution is 7.22. The van der Waals surface area contributed by atoms with E-state index < -0.39 is 0 Å². The lowest BCUT2D eigenvalue weighted by Gasteiger charge is -2.23. The summed E-state index contributed by atoms with van der Waals surface area (Å²) in [6, 6.07) is 17.5. The van der Waals surface area contributed by atoms with Crippen LogP contribution in [0.1, 0.15) is 106 Å². The molecule has 70 heavy (non-hydrogen) atoms. The summed E-state index contributed by atoms with van der Waals surface area (Å²) in [5, 5.41) is 0.676. The highest BCUT2D eigenvalue weighted by Gasteiger charge is 2.24. The van der Waals surface area contributed by atoms with Gasteiger partial charge in [0.25, 0.3) is 11.5 Å². The SMILES string of the molecule is CCCN(CCC)C(=O)C1=Cc2ccc(-c3cc(C=O)c(/C=C\N(C)CC(=O)NNC4=Nc5cc(-c6cc7c(=O)n(CCC)ccc7s6)ccc5C=C(C(=O)N(CCC)CCC)C4)s3)cc2N=C(N)C1. The van der Waals surface area contributed by atoms with Crippen molar-refractivity contribution in [2.75, 3.05) is 39.8 Å². The lowest BCUT2D eigenvalue weighted by atomic mass is 10.0. The summed E-state index contributed by atoms with van der Waals surface area (Å²) in [4.78, 5) is 84.1. The third-order valence-electron chi connectivity index (χ3n) is 11.9. The number of aromatic nitrogens is 1. The molecule has 16 heteroatoms. The van der Waals surface area contributed by atoms with Crippen molar-refractivity contribution in [2.45, 2.75) is 86.1 Å². The number of pyridine rings is 1. The van der Waals surface area contributed by atoms with Crippen LogP contribution >= 0.6 is 22.7 Å². The van der Waals surface area contributed by atoms with Crippen LogP contribution in [0.2, 0.25) is 0 Å². The first-order valence-corrected chi connectivity index (χ1v) is 25.8. The molecule has 0 atom stereocenters. The molecule has 14 nitrogen and oxygen atoms in total. The number of carbonyl (C=O) groups is 4. The van der Waals surface area contributed by atoms with Gasteiger partial charge < -0.3 is 25.0 Å². The van der Waals surface area contributed by atoms with E-state index in [1.54, 1.807) is 40.1 Å². The number of hydrogen-bond acceptors (Lipinski definition) is 12. The van der Waals surface area contributed by atoms with E-state index in [0.29, 0.717) is 82.7 Å². The Morgan fingerprint density at radius 2 is 1.34 bits per heavy atom. The molecule has 0 unspecified atom stereocenters. The molecule has 0 spiro atoms. The molecule has 7 rings (SSSR count). The largest absolute Gasteiger partial charge is 0.387 e. The van der Waals surface area contributed by atoms with Gasteiger partial charge in [0.1, 0.15) is 11.7 Å². The van der Waals surface area contributed by atoms with E-state index in [1.165, 1.54) is 11.3 Å². The Labute approximate surface area is 418 Å². The van der Waals surface area contributed by atoms with Gasteiger partial charge in [-0.05, 0) is 91.8 Å². The van der Waals surface area contributed by atoms with E-state index >= 15 is 0 Å². The van der Waals surface area contributed by atoms with Gasteiger partial charge in [0.05, 0.1) is 23.3 Å². The molecule has 0 fully saturated rings. The maximum atomic E-state index is 14.0. The fourth-order valence-corrected chi connectivity index (χ4v) is 10.7. The number of nitrogens with zero attached hydrogens (tertiary/aromatic N) is 6. The van der Waals surface area contributed by atoms with Gasteiger partial charge in [-0.1, -0.05) is 58.9 Å². The van der Waals surface area contributed by atoms with E-state index in [2.05, 4.69) is 43.5 Å². The van der Waals surface area contributed by atoms with Gasteiger partial charge >= 0.3 is 0 Å². The molecular weight excluding hydrogens is 919 g/mol. The topological polar surface area (TPSA) is 175 Å². The maximum Gasteiger partial charge on any atom is 0.259 e. The second kappa shape index (κ2) is 23.6. The third kappa shape index (κ3) is 12.1. The molecule has 2 aliphatic heterocycles. The van der Waals surface area contributed by atoms with Crippen molar-refractivity contribution in [3.05, 3.63) is 110 Å². The number of nitrogens with one attached hydrogen (secondary N) is 2. The zero-order valence-corrected chi connectivity index (χ0v) is 42.6. The lowest BCUT2D eigenvalue weighted by Crippen LogP contribution is -2.45. The number of aliphatic imine (C=N–C) groups is 2. The minimum Gasteiger partial charge on any atom is -0.387 e. The summed E-state index contributed by atoms with van der Waals surface area (Å²) in [7, 11) is 1.76. The molecule has 5 heterocycles. The molecule has 366 valence electrons. The van der Waals surface area contributed by atoms with Crippen LogP contribution in [-0.4, -0.2) is 94.7 Å². The first kappa shape index (κ1) is 51.0. The molecular formula is C54H63N9O5S2. The molecule has 2 aliphatic rings. The van der Waals surface area contributed by atoms with Crippen LogP contribution in [0.4, 0.5) is 11.4 Å². The van der Waals surface area contributed by atoms with Crippen LogP contribution in [0.15, 0.2) is 92.9 Å². The number of fused-ring (bicyclic) bond motifs is 3. The van der Waals surface area contributed by atoms with Gasteiger partial charge in [0.2, 0.25) is 11.8 Å². The molecule has 3 aromatic heterocycles. The first-order valence-electron chi connectivity index (χ1n) is 24.2. The molecule has 0 saturated heterocycles. The molecule has 2 aromatic carbocycles. The smallest absolute Gasteiger partial charge is 0.259 e. The Morgan fingerprint density at radius 1 is 0.757 bits per heavy atom. The third-order valence-corrected chi connectivity index (χ3v) is 14.2. The van der Waals surface area contributed by atoms with Gasteiger partial charge in [0, 0.05) is 112 Å². The van der Waals surface area contributed by atoms with E-state index in [9.17, 15) is 24.0 Å². The second-order valence-corrected chi connectivity index (χ2v) is 19.8. The van der Waals surface area contributed by atoms with Crippen LogP contribution in [0, 0.1) is 0 Å². The van der Waals surface area contributed by atoms with Gasteiger partial charge in [-0.2, -0.15) is 0 Å². The van der Waals surface area contributed by atoms with Crippen molar-refractivity contribution in [2.24, 2.45) is 15.7 Å². The van der Waals surface area contributed by atoms with Gasteiger partial charge in [-0.3, -0.25) is 34.8 Å². The first-order chi connectivity index (χ1) is 33.9. The lowest BCUT2D eigenvalue weighted by molar-refractivity contribution is -0.128. The molecule has 0 radical (unpaired) electrons. The monoisotopic (exact) mass is 981 g/mol. The predicted molar refractivity (Wildman–Crippen MR) is 288 cm³/mol. The Kier molecular flexibility index (Phi) is 17.2. The predicted octanol–water partition coefficient (Wildman–Crippen LogP) is 9.79. The number of hydrogen-bond donors (Lipinski definition) is 3. The number of carbonyl (C=O) groups excluding carboxylic acids is 4. The van der Waals surface area contributed by atoms with Crippen LogP contribution in [-0.2, 0) is 20.9 Å². The van der Waals surface area contributed by atoms with Gasteiger partial charge in [-0.15, -0.1) is 22.7 Å². The van der Waals surface area contributed by atoms with E-state index in [-0.39, 0.29) is 42.7 Å². The van der Waals surface area contributed by atoms with Crippen LogP contribution < -0.4 is 22.1 Å². The van der Waals surface area contributed by atoms with Gasteiger partial charge in [0.15, 0.2) is 6.29 Å². The van der Waals surface area contributed by atoms with Crippen LogP contribution in [0.3, 0.4) is 0 Å². The van der Waals surface area contributed by atoms with Crippen molar-refractivity contribution in [3.8, 4) is 20.9 Å².